The number of benzene rings is 1. The van der Waals surface area contributed by atoms with E-state index in [9.17, 15) is 4.79 Å². The molecule has 2 heterocycles. The molecule has 0 bridgehead atoms. The summed E-state index contributed by atoms with van der Waals surface area (Å²) in [5, 5.41) is 4.84. The van der Waals surface area contributed by atoms with Gasteiger partial charge in [0.25, 0.3) is 0 Å². The highest BCUT2D eigenvalue weighted by molar-refractivity contribution is 5.90. The molecule has 2 aliphatic rings. The van der Waals surface area contributed by atoms with E-state index >= 15 is 0 Å². The molecule has 2 amide bonds. The van der Waals surface area contributed by atoms with Crippen molar-refractivity contribution in [2.24, 2.45) is 0 Å². The maximum Gasteiger partial charge on any atom is 0.317 e. The number of aryl methyl sites for hydroxylation is 1. The summed E-state index contributed by atoms with van der Waals surface area (Å²) in [5.41, 5.74) is 6.02. The van der Waals surface area contributed by atoms with Crippen LogP contribution in [-0.4, -0.2) is 59.2 Å². The molecule has 5 heteroatoms. The molecule has 1 unspecified atom stereocenters. The second-order valence-electron chi connectivity index (χ2n) is 9.04. The number of urea groups is 1. The minimum atomic E-state index is 0.0777. The van der Waals surface area contributed by atoms with Crippen LogP contribution in [0.2, 0.25) is 0 Å². The lowest BCUT2D eigenvalue weighted by molar-refractivity contribution is 0.124. The lowest BCUT2D eigenvalue weighted by Crippen LogP contribution is -2.56. The van der Waals surface area contributed by atoms with Crippen molar-refractivity contribution in [3.63, 3.8) is 0 Å². The van der Waals surface area contributed by atoms with Crippen LogP contribution in [0.4, 0.5) is 4.79 Å². The molecule has 164 valence electrons. The molecule has 3 atom stereocenters. The number of nitrogens with one attached hydrogen (secondary N) is 1. The van der Waals surface area contributed by atoms with E-state index in [0.717, 1.165) is 51.9 Å². The number of fused-ring (bicyclic) bond motifs is 2. The first-order chi connectivity index (χ1) is 14.5. The smallest absolute Gasteiger partial charge is 0.317 e. The number of carbonyl (C=O) groups is 1. The molecule has 30 heavy (non-hydrogen) atoms. The fraction of sp³-hybridized carbons (Fsp3) is 0.640. The third-order valence-electron chi connectivity index (χ3n) is 7.39. The zero-order valence-corrected chi connectivity index (χ0v) is 19.4. The molecule has 1 aliphatic carbocycles. The zero-order valence-electron chi connectivity index (χ0n) is 19.4. The number of piperidine rings is 1. The minimum Gasteiger partial charge on any atom is -0.344 e. The Balaban J connectivity index is 1.70. The van der Waals surface area contributed by atoms with E-state index < -0.39 is 0 Å². The summed E-state index contributed by atoms with van der Waals surface area (Å²) >= 11 is 0. The summed E-state index contributed by atoms with van der Waals surface area (Å²) in [6.07, 6.45) is 4.41. The van der Waals surface area contributed by atoms with E-state index in [2.05, 4.69) is 53.9 Å². The Bertz CT molecular complexity index is 913. The fourth-order valence-electron chi connectivity index (χ4n) is 6.03. The van der Waals surface area contributed by atoms with Crippen LogP contribution in [0.15, 0.2) is 18.2 Å². The first-order valence-corrected chi connectivity index (χ1v) is 11.9. The van der Waals surface area contributed by atoms with Crippen molar-refractivity contribution in [2.45, 2.75) is 77.9 Å². The van der Waals surface area contributed by atoms with Crippen LogP contribution in [0.1, 0.15) is 63.3 Å². The maximum atomic E-state index is 12.7. The fourth-order valence-corrected chi connectivity index (χ4v) is 6.03. The van der Waals surface area contributed by atoms with Gasteiger partial charge in [-0.2, -0.15) is 0 Å². The van der Waals surface area contributed by atoms with Crippen LogP contribution in [0, 0.1) is 0 Å². The number of amides is 2. The van der Waals surface area contributed by atoms with Gasteiger partial charge in [0, 0.05) is 60.8 Å². The molecule has 1 aromatic carbocycles. The third kappa shape index (κ3) is 3.41. The van der Waals surface area contributed by atoms with Crippen molar-refractivity contribution >= 4 is 16.9 Å². The Hall–Kier alpha value is -2.01. The van der Waals surface area contributed by atoms with Crippen molar-refractivity contribution in [3.05, 3.63) is 35.0 Å². The quantitative estimate of drug-likeness (QED) is 0.768. The standard InChI is InChI=1S/C25H38N4O/c1-6-13-29-21(7-2)20-15-23-19(18-11-10-12-22(29)24(18)20)14-17(16-27(23)5)26-25(30)28(8-3)9-4/h10-12,17,19,23H,6-9,13-16H2,1-5H3,(H,26,30)/t17-,19?,23+/m0/s1. The van der Waals surface area contributed by atoms with Crippen LogP contribution in [0.5, 0.6) is 0 Å². The molecule has 1 saturated heterocycles. The van der Waals surface area contributed by atoms with Gasteiger partial charge in [0.15, 0.2) is 0 Å². The van der Waals surface area contributed by atoms with E-state index in [1.165, 1.54) is 22.2 Å². The van der Waals surface area contributed by atoms with Gasteiger partial charge in [-0.25, -0.2) is 4.79 Å². The Morgan fingerprint density at radius 3 is 2.63 bits per heavy atom. The van der Waals surface area contributed by atoms with Gasteiger partial charge in [0.1, 0.15) is 0 Å². The molecular formula is C25H38N4O. The van der Waals surface area contributed by atoms with Gasteiger partial charge in [-0.15, -0.1) is 0 Å². The lowest BCUT2D eigenvalue weighted by Gasteiger charge is -2.46. The molecule has 0 radical (unpaired) electrons. The van der Waals surface area contributed by atoms with Crippen LogP contribution >= 0.6 is 0 Å². The number of hydrogen-bond acceptors (Lipinski definition) is 2. The number of likely N-dealkylation sites (tertiary alicyclic amines) is 1. The normalized spacial score (nSPS) is 23.4. The average molecular weight is 411 g/mol. The predicted octanol–water partition coefficient (Wildman–Crippen LogP) is 4.38. The molecule has 1 fully saturated rings. The topological polar surface area (TPSA) is 40.5 Å². The average Bonchev–Trinajstić information content (AvgIpc) is 3.04. The molecular weight excluding hydrogens is 372 g/mol. The number of hydrogen-bond donors (Lipinski definition) is 1. The monoisotopic (exact) mass is 410 g/mol. The van der Waals surface area contributed by atoms with E-state index in [0.29, 0.717) is 12.0 Å². The van der Waals surface area contributed by atoms with Crippen molar-refractivity contribution in [1.82, 2.24) is 19.7 Å². The SMILES string of the molecule is CCCn1c(CC)c2c3c(cccc31)C1C[C@H](NC(=O)N(CC)CC)CN(C)[C@@H]1C2. The van der Waals surface area contributed by atoms with Gasteiger partial charge < -0.3 is 19.7 Å². The van der Waals surface area contributed by atoms with Crippen molar-refractivity contribution in [3.8, 4) is 0 Å². The first kappa shape index (κ1) is 21.2. The highest BCUT2D eigenvalue weighted by Gasteiger charge is 2.41. The lowest BCUT2D eigenvalue weighted by atomic mass is 9.73. The predicted molar refractivity (Wildman–Crippen MR) is 124 cm³/mol. The van der Waals surface area contributed by atoms with Crippen molar-refractivity contribution < 1.29 is 4.79 Å². The number of aromatic nitrogens is 1. The van der Waals surface area contributed by atoms with Gasteiger partial charge in [-0.3, -0.25) is 0 Å². The second kappa shape index (κ2) is 8.62. The Morgan fingerprint density at radius 1 is 1.20 bits per heavy atom. The summed E-state index contributed by atoms with van der Waals surface area (Å²) < 4.78 is 2.57. The molecule has 1 aliphatic heterocycles. The first-order valence-electron chi connectivity index (χ1n) is 11.9. The Morgan fingerprint density at radius 2 is 1.97 bits per heavy atom. The summed E-state index contributed by atoms with van der Waals surface area (Å²) in [4.78, 5) is 17.1. The Labute approximate surface area is 181 Å². The summed E-state index contributed by atoms with van der Waals surface area (Å²) in [6, 6.07) is 7.70. The van der Waals surface area contributed by atoms with E-state index in [1.807, 2.05) is 18.7 Å². The van der Waals surface area contributed by atoms with Gasteiger partial charge in [-0.05, 0) is 63.8 Å². The molecule has 4 rings (SSSR count). The van der Waals surface area contributed by atoms with Crippen molar-refractivity contribution in [1.29, 1.82) is 0 Å². The molecule has 5 nitrogen and oxygen atoms in total. The van der Waals surface area contributed by atoms with Crippen LogP contribution < -0.4 is 5.32 Å². The van der Waals surface area contributed by atoms with E-state index in [-0.39, 0.29) is 12.1 Å². The molecule has 2 aromatic rings. The van der Waals surface area contributed by atoms with Crippen LogP contribution in [-0.2, 0) is 19.4 Å². The molecule has 1 N–H and O–H groups in total. The number of carbonyl (C=O) groups excluding carboxylic acids is 1. The molecule has 0 spiro atoms. The van der Waals surface area contributed by atoms with Crippen LogP contribution in [0.3, 0.4) is 0 Å². The zero-order chi connectivity index (χ0) is 21.4. The van der Waals surface area contributed by atoms with Gasteiger partial charge in [0.05, 0.1) is 0 Å². The molecule has 0 saturated carbocycles. The van der Waals surface area contributed by atoms with Crippen molar-refractivity contribution in [2.75, 3.05) is 26.7 Å². The third-order valence-corrected chi connectivity index (χ3v) is 7.39. The minimum absolute atomic E-state index is 0.0777. The van der Waals surface area contributed by atoms with E-state index in [1.54, 1.807) is 5.56 Å². The summed E-state index contributed by atoms with van der Waals surface area (Å²) in [5.74, 6) is 0.476. The number of likely N-dealkylation sites (N-methyl/N-ethyl adjacent to an activating group) is 1. The van der Waals surface area contributed by atoms with Gasteiger partial charge in [-0.1, -0.05) is 26.0 Å². The van der Waals surface area contributed by atoms with E-state index in [4.69, 9.17) is 0 Å². The summed E-state index contributed by atoms with van der Waals surface area (Å²) in [7, 11) is 2.24. The van der Waals surface area contributed by atoms with Crippen LogP contribution in [0.25, 0.3) is 10.9 Å². The number of nitrogens with zero attached hydrogens (tertiary/aromatic N) is 3. The second-order valence-corrected chi connectivity index (χ2v) is 9.04. The van der Waals surface area contributed by atoms with Gasteiger partial charge in [0.2, 0.25) is 0 Å². The highest BCUT2D eigenvalue weighted by Crippen LogP contribution is 2.45. The number of rotatable bonds is 6. The largest absolute Gasteiger partial charge is 0.344 e. The van der Waals surface area contributed by atoms with Gasteiger partial charge >= 0.3 is 6.03 Å². The maximum absolute atomic E-state index is 12.7. The Kier molecular flexibility index (Phi) is 6.10. The highest BCUT2D eigenvalue weighted by atomic mass is 16.2. The molecule has 1 aromatic heterocycles. The summed E-state index contributed by atoms with van der Waals surface area (Å²) in [6.45, 7) is 12.2.